The summed E-state index contributed by atoms with van der Waals surface area (Å²) in [7, 11) is 0. The summed E-state index contributed by atoms with van der Waals surface area (Å²) in [5, 5.41) is 0. The molecule has 0 unspecified atom stereocenters. The van der Waals surface area contributed by atoms with Gasteiger partial charge in [-0.25, -0.2) is 0 Å². The molecule has 0 heterocycles. The summed E-state index contributed by atoms with van der Waals surface area (Å²) < 4.78 is 29.2. The van der Waals surface area contributed by atoms with Crippen molar-refractivity contribution in [2.75, 3.05) is 29.7 Å². The van der Waals surface area contributed by atoms with Crippen molar-refractivity contribution in [3.63, 3.8) is 0 Å². The molecule has 17 heavy (non-hydrogen) atoms. The molecule has 0 aliphatic rings. The van der Waals surface area contributed by atoms with Crippen molar-refractivity contribution in [1.82, 2.24) is 0 Å². The van der Waals surface area contributed by atoms with Gasteiger partial charge in [0.15, 0.2) is 0 Å². The molecule has 0 atom stereocenters. The molecule has 0 amide bonds. The van der Waals surface area contributed by atoms with E-state index in [4.69, 9.17) is 31.4 Å². The van der Waals surface area contributed by atoms with Gasteiger partial charge in [-0.2, -0.15) is 0 Å². The molecule has 0 bridgehead atoms. The predicted molar refractivity (Wildman–Crippen MR) is 70.6 cm³/mol. The molecule has 4 nitrogen and oxygen atoms in total. The molecular weight excluding hydrogens is 328 g/mol. The Labute approximate surface area is 113 Å². The number of hydrogen-bond donors (Lipinski definition) is 2. The first-order chi connectivity index (χ1) is 7.99. The van der Waals surface area contributed by atoms with E-state index in [2.05, 4.69) is 0 Å². The standard InChI is InChI=1S/C10H14AsCl2NO3/c12-5-7-14(8-6-13)10-3-1-9(2-4-10)11(15,16)17/h1-4H,5-8H2,(H2,15,16,17). The van der Waals surface area contributed by atoms with Crippen LogP contribution in [0.25, 0.3) is 0 Å². The van der Waals surface area contributed by atoms with Gasteiger partial charge in [0.25, 0.3) is 0 Å². The van der Waals surface area contributed by atoms with Crippen molar-refractivity contribution < 1.29 is 11.9 Å². The third-order valence-electron chi connectivity index (χ3n) is 2.26. The van der Waals surface area contributed by atoms with Crippen LogP contribution in [-0.2, 0) is 3.74 Å². The van der Waals surface area contributed by atoms with Crippen molar-refractivity contribution in [3.05, 3.63) is 24.3 Å². The van der Waals surface area contributed by atoms with Crippen molar-refractivity contribution >= 4 is 47.4 Å². The van der Waals surface area contributed by atoms with E-state index in [-0.39, 0.29) is 4.35 Å². The van der Waals surface area contributed by atoms with Crippen LogP contribution in [0.2, 0.25) is 0 Å². The van der Waals surface area contributed by atoms with Crippen LogP contribution in [0.1, 0.15) is 0 Å². The monoisotopic (exact) mass is 341 g/mol. The number of benzene rings is 1. The minimum atomic E-state index is -4.78. The van der Waals surface area contributed by atoms with Gasteiger partial charge in [-0.3, -0.25) is 0 Å². The van der Waals surface area contributed by atoms with Gasteiger partial charge in [-0.1, -0.05) is 0 Å². The molecule has 0 spiro atoms. The molecule has 0 saturated carbocycles. The second kappa shape index (κ2) is 6.72. The average Bonchev–Trinajstić information content (AvgIpc) is 2.28. The molecule has 1 aromatic carbocycles. The first-order valence-electron chi connectivity index (χ1n) is 5.02. The molecule has 0 aliphatic heterocycles. The van der Waals surface area contributed by atoms with Crippen LogP contribution in [0, 0.1) is 0 Å². The quantitative estimate of drug-likeness (QED) is 0.585. The maximum atomic E-state index is 11.1. The van der Waals surface area contributed by atoms with Gasteiger partial charge < -0.3 is 0 Å². The van der Waals surface area contributed by atoms with Crippen molar-refractivity contribution in [2.24, 2.45) is 0 Å². The second-order valence-corrected chi connectivity index (χ2v) is 7.55. The first-order valence-corrected chi connectivity index (χ1v) is 9.47. The van der Waals surface area contributed by atoms with E-state index in [0.717, 1.165) is 5.69 Å². The molecule has 0 fully saturated rings. The number of nitrogens with zero attached hydrogens (tertiary/aromatic N) is 1. The van der Waals surface area contributed by atoms with E-state index < -0.39 is 14.2 Å². The summed E-state index contributed by atoms with van der Waals surface area (Å²) in [4.78, 5) is 1.97. The fraction of sp³-hybridized carbons (Fsp3) is 0.400. The van der Waals surface area contributed by atoms with Gasteiger partial charge in [0.2, 0.25) is 0 Å². The molecular formula is C10H14AsCl2NO3. The van der Waals surface area contributed by atoms with Gasteiger partial charge in [0.1, 0.15) is 0 Å². The van der Waals surface area contributed by atoms with Crippen LogP contribution in [0.5, 0.6) is 0 Å². The van der Waals surface area contributed by atoms with Gasteiger partial charge >= 0.3 is 113 Å². The van der Waals surface area contributed by atoms with Crippen molar-refractivity contribution in [1.29, 1.82) is 0 Å². The molecule has 0 saturated heterocycles. The first kappa shape index (κ1) is 14.9. The summed E-state index contributed by atoms with van der Waals surface area (Å²) in [5.41, 5.74) is 0.860. The zero-order valence-electron chi connectivity index (χ0n) is 9.09. The molecule has 1 aromatic rings. The molecule has 0 aliphatic carbocycles. The van der Waals surface area contributed by atoms with Gasteiger partial charge in [-0.15, -0.1) is 0 Å². The number of alkyl halides is 2. The minimum absolute atomic E-state index is 0.0728. The molecule has 7 heteroatoms. The molecule has 0 radical (unpaired) electrons. The zero-order chi connectivity index (χ0) is 12.9. The normalized spacial score (nSPS) is 11.5. The van der Waals surface area contributed by atoms with Crippen LogP contribution >= 0.6 is 23.2 Å². The molecule has 1 rings (SSSR count). The van der Waals surface area contributed by atoms with E-state index >= 15 is 0 Å². The average molecular weight is 342 g/mol. The van der Waals surface area contributed by atoms with Crippen LogP contribution in [0.15, 0.2) is 24.3 Å². The van der Waals surface area contributed by atoms with Crippen LogP contribution in [0.3, 0.4) is 0 Å². The zero-order valence-corrected chi connectivity index (χ0v) is 12.5. The van der Waals surface area contributed by atoms with E-state index in [1.54, 1.807) is 12.1 Å². The summed E-state index contributed by atoms with van der Waals surface area (Å²) in [5.74, 6) is 0.946. The van der Waals surface area contributed by atoms with E-state index in [1.807, 2.05) is 4.90 Å². The molecule has 96 valence electrons. The fourth-order valence-electron chi connectivity index (χ4n) is 1.43. The van der Waals surface area contributed by atoms with E-state index in [9.17, 15) is 3.74 Å². The second-order valence-electron chi connectivity index (χ2n) is 3.43. The van der Waals surface area contributed by atoms with Crippen LogP contribution < -0.4 is 9.25 Å². The third kappa shape index (κ3) is 4.57. The van der Waals surface area contributed by atoms with E-state index in [0.29, 0.717) is 24.8 Å². The summed E-state index contributed by atoms with van der Waals surface area (Å²) >= 11 is 6.58. The van der Waals surface area contributed by atoms with Crippen molar-refractivity contribution in [3.8, 4) is 0 Å². The Kier molecular flexibility index (Phi) is 5.90. The number of rotatable bonds is 6. The summed E-state index contributed by atoms with van der Waals surface area (Å²) in [6.45, 7) is 1.29. The Morgan fingerprint density at radius 2 is 1.53 bits per heavy atom. The Bertz CT molecular complexity index is 387. The van der Waals surface area contributed by atoms with E-state index in [1.165, 1.54) is 12.1 Å². The van der Waals surface area contributed by atoms with Crippen molar-refractivity contribution in [2.45, 2.75) is 0 Å². The SMILES string of the molecule is O=[As](O)(O)c1ccc(N(CCCl)CCCl)cc1. The predicted octanol–water partition coefficient (Wildman–Crippen LogP) is 0.532. The van der Waals surface area contributed by atoms with Crippen LogP contribution in [-0.4, -0.2) is 47.2 Å². The third-order valence-corrected chi connectivity index (χ3v) is 4.64. The summed E-state index contributed by atoms with van der Waals surface area (Å²) in [6.07, 6.45) is 0. The topological polar surface area (TPSA) is 60.8 Å². The Balaban J connectivity index is 2.88. The van der Waals surface area contributed by atoms with Gasteiger partial charge in [-0.05, 0) is 0 Å². The maximum absolute atomic E-state index is 11.1. The molecule has 0 aromatic heterocycles. The Morgan fingerprint density at radius 3 is 1.88 bits per heavy atom. The Morgan fingerprint density at radius 1 is 1.06 bits per heavy atom. The Hall–Kier alpha value is -0.122. The number of hydrogen-bond acceptors (Lipinski definition) is 2. The number of halogens is 2. The number of anilines is 1. The van der Waals surface area contributed by atoms with Gasteiger partial charge in [0, 0.05) is 0 Å². The van der Waals surface area contributed by atoms with Gasteiger partial charge in [0.05, 0.1) is 0 Å². The summed E-state index contributed by atoms with van der Waals surface area (Å²) in [6, 6.07) is 6.25. The fourth-order valence-corrected chi connectivity index (χ4v) is 2.97. The molecule has 2 N–H and O–H groups in total. The van der Waals surface area contributed by atoms with Crippen LogP contribution in [0.4, 0.5) is 5.69 Å².